The molecule has 1 aliphatic heterocycles. The van der Waals surface area contributed by atoms with Crippen molar-refractivity contribution in [2.24, 2.45) is 0 Å². The largest absolute Gasteiger partial charge is 0.481 e. The highest BCUT2D eigenvalue weighted by atomic mass is 32.2. The molecule has 1 aliphatic rings. The second-order valence-electron chi connectivity index (χ2n) is 5.95. The van der Waals surface area contributed by atoms with Crippen molar-refractivity contribution in [2.75, 3.05) is 13.2 Å². The van der Waals surface area contributed by atoms with E-state index in [1.165, 1.54) is 0 Å². The highest BCUT2D eigenvalue weighted by molar-refractivity contribution is 7.89. The summed E-state index contributed by atoms with van der Waals surface area (Å²) in [6.07, 6.45) is 0.0540. The number of benzene rings is 1. The molecule has 0 spiro atoms. The van der Waals surface area contributed by atoms with Crippen molar-refractivity contribution < 1.29 is 23.1 Å². The van der Waals surface area contributed by atoms with Crippen LogP contribution in [0.2, 0.25) is 0 Å². The van der Waals surface area contributed by atoms with E-state index in [2.05, 4.69) is 4.72 Å². The Morgan fingerprint density at radius 1 is 1.41 bits per heavy atom. The van der Waals surface area contributed by atoms with Crippen LogP contribution in [0.15, 0.2) is 29.2 Å². The SMILES string of the molecule is CC(C)c1ccccc1S(=O)(=O)NC1(CC(=O)O)CCOC1. The Morgan fingerprint density at radius 3 is 2.64 bits per heavy atom. The van der Waals surface area contributed by atoms with Gasteiger partial charge in [0.2, 0.25) is 10.0 Å². The molecule has 0 amide bonds. The van der Waals surface area contributed by atoms with Gasteiger partial charge in [-0.15, -0.1) is 0 Å². The molecule has 1 saturated heterocycles. The molecular weight excluding hydrogens is 306 g/mol. The van der Waals surface area contributed by atoms with Gasteiger partial charge >= 0.3 is 5.97 Å². The Hall–Kier alpha value is -1.44. The van der Waals surface area contributed by atoms with Gasteiger partial charge in [0.1, 0.15) is 0 Å². The summed E-state index contributed by atoms with van der Waals surface area (Å²) in [6, 6.07) is 6.77. The Morgan fingerprint density at radius 2 is 2.09 bits per heavy atom. The van der Waals surface area contributed by atoms with Crippen molar-refractivity contribution in [1.29, 1.82) is 0 Å². The van der Waals surface area contributed by atoms with Crippen molar-refractivity contribution in [3.63, 3.8) is 0 Å². The summed E-state index contributed by atoms with van der Waals surface area (Å²) in [6.45, 7) is 4.25. The molecule has 6 nitrogen and oxygen atoms in total. The van der Waals surface area contributed by atoms with Crippen LogP contribution in [0.25, 0.3) is 0 Å². The molecule has 1 unspecified atom stereocenters. The molecule has 0 aromatic heterocycles. The van der Waals surface area contributed by atoms with Crippen LogP contribution in [-0.2, 0) is 19.6 Å². The maximum absolute atomic E-state index is 12.7. The number of aliphatic carboxylic acids is 1. The van der Waals surface area contributed by atoms with Crippen molar-refractivity contribution in [3.05, 3.63) is 29.8 Å². The molecular formula is C15H21NO5S. The van der Waals surface area contributed by atoms with Crippen molar-refractivity contribution in [2.45, 2.75) is 43.0 Å². The second kappa shape index (κ2) is 6.36. The summed E-state index contributed by atoms with van der Waals surface area (Å²) in [5.41, 5.74) is -0.367. The molecule has 1 aromatic carbocycles. The lowest BCUT2D eigenvalue weighted by Gasteiger charge is -2.27. The summed E-state index contributed by atoms with van der Waals surface area (Å²) in [5, 5.41) is 9.06. The maximum Gasteiger partial charge on any atom is 0.305 e. The first-order chi connectivity index (χ1) is 10.3. The Labute approximate surface area is 130 Å². The predicted octanol–water partition coefficient (Wildman–Crippen LogP) is 1.72. The Kier molecular flexibility index (Phi) is 4.89. The number of ether oxygens (including phenoxy) is 1. The fourth-order valence-corrected chi connectivity index (χ4v) is 4.48. The van der Waals surface area contributed by atoms with Crippen LogP contribution in [0.1, 0.15) is 38.2 Å². The standard InChI is InChI=1S/C15H21NO5S/c1-11(2)12-5-3-4-6-13(12)22(19,20)16-15(9-14(17)18)7-8-21-10-15/h3-6,11,16H,7-10H2,1-2H3,(H,17,18). The van der Waals surface area contributed by atoms with E-state index in [-0.39, 0.29) is 23.8 Å². The summed E-state index contributed by atoms with van der Waals surface area (Å²) in [7, 11) is -3.82. The monoisotopic (exact) mass is 327 g/mol. The minimum atomic E-state index is -3.82. The average Bonchev–Trinajstić information content (AvgIpc) is 2.85. The third-order valence-corrected chi connectivity index (χ3v) is 5.43. The first-order valence-corrected chi connectivity index (χ1v) is 8.66. The fraction of sp³-hybridized carbons (Fsp3) is 0.533. The number of carbonyl (C=O) groups is 1. The van der Waals surface area contributed by atoms with E-state index in [9.17, 15) is 13.2 Å². The van der Waals surface area contributed by atoms with E-state index in [4.69, 9.17) is 9.84 Å². The molecule has 0 saturated carbocycles. The zero-order chi connectivity index (χ0) is 16.4. The molecule has 1 aromatic rings. The number of carboxylic acids is 1. The van der Waals surface area contributed by atoms with Crippen molar-refractivity contribution in [3.8, 4) is 0 Å². The van der Waals surface area contributed by atoms with Crippen LogP contribution >= 0.6 is 0 Å². The molecule has 1 atom stereocenters. The Balaban J connectivity index is 2.36. The van der Waals surface area contributed by atoms with Crippen molar-refractivity contribution >= 4 is 16.0 Å². The van der Waals surface area contributed by atoms with E-state index in [1.807, 2.05) is 13.8 Å². The van der Waals surface area contributed by atoms with E-state index in [0.29, 0.717) is 18.6 Å². The first-order valence-electron chi connectivity index (χ1n) is 7.18. The third-order valence-electron chi connectivity index (χ3n) is 3.77. The van der Waals surface area contributed by atoms with Gasteiger partial charge in [0.15, 0.2) is 0 Å². The van der Waals surface area contributed by atoms with Gasteiger partial charge in [-0.2, -0.15) is 0 Å². The molecule has 2 rings (SSSR count). The third kappa shape index (κ3) is 3.66. The van der Waals surface area contributed by atoms with E-state index in [0.717, 1.165) is 0 Å². The average molecular weight is 327 g/mol. The van der Waals surface area contributed by atoms with Crippen LogP contribution < -0.4 is 4.72 Å². The lowest BCUT2D eigenvalue weighted by atomic mass is 9.96. The molecule has 0 bridgehead atoms. The molecule has 1 fully saturated rings. The minimum absolute atomic E-state index is 0.0445. The molecule has 7 heteroatoms. The van der Waals surface area contributed by atoms with Gasteiger partial charge in [-0.25, -0.2) is 13.1 Å². The van der Waals surface area contributed by atoms with E-state index >= 15 is 0 Å². The zero-order valence-corrected chi connectivity index (χ0v) is 13.5. The summed E-state index contributed by atoms with van der Waals surface area (Å²) in [4.78, 5) is 11.3. The lowest BCUT2D eigenvalue weighted by Crippen LogP contribution is -2.50. The van der Waals surface area contributed by atoms with Crippen LogP contribution in [0.5, 0.6) is 0 Å². The van der Waals surface area contributed by atoms with Gasteiger partial charge in [0, 0.05) is 6.61 Å². The topological polar surface area (TPSA) is 92.7 Å². The van der Waals surface area contributed by atoms with Crippen LogP contribution in [0, 0.1) is 0 Å². The molecule has 1 heterocycles. The van der Waals surface area contributed by atoms with Gasteiger partial charge in [-0.1, -0.05) is 32.0 Å². The molecule has 22 heavy (non-hydrogen) atoms. The van der Waals surface area contributed by atoms with Gasteiger partial charge in [0.25, 0.3) is 0 Å². The minimum Gasteiger partial charge on any atom is -0.481 e. The molecule has 0 radical (unpaired) electrons. The van der Waals surface area contributed by atoms with Gasteiger partial charge < -0.3 is 9.84 Å². The summed E-state index contributed by atoms with van der Waals surface area (Å²) in [5.74, 6) is -1.01. The summed E-state index contributed by atoms with van der Waals surface area (Å²) < 4.78 is 33.3. The number of hydrogen-bond acceptors (Lipinski definition) is 4. The highest BCUT2D eigenvalue weighted by Crippen LogP contribution is 2.28. The number of rotatable bonds is 6. The Bertz CT molecular complexity index is 648. The first kappa shape index (κ1) is 16.9. The lowest BCUT2D eigenvalue weighted by molar-refractivity contribution is -0.138. The smallest absolute Gasteiger partial charge is 0.305 e. The number of nitrogens with one attached hydrogen (secondary N) is 1. The number of sulfonamides is 1. The predicted molar refractivity (Wildman–Crippen MR) is 81.3 cm³/mol. The van der Waals surface area contributed by atoms with Crippen LogP contribution in [0.4, 0.5) is 0 Å². The molecule has 122 valence electrons. The van der Waals surface area contributed by atoms with Gasteiger partial charge in [-0.05, 0) is 24.0 Å². The van der Waals surface area contributed by atoms with Crippen molar-refractivity contribution in [1.82, 2.24) is 4.72 Å². The highest BCUT2D eigenvalue weighted by Gasteiger charge is 2.41. The fourth-order valence-electron chi connectivity index (χ4n) is 2.69. The van der Waals surface area contributed by atoms with Crippen LogP contribution in [0.3, 0.4) is 0 Å². The zero-order valence-electron chi connectivity index (χ0n) is 12.7. The number of hydrogen-bond donors (Lipinski definition) is 2. The van der Waals surface area contributed by atoms with Gasteiger partial charge in [0.05, 0.1) is 23.5 Å². The quantitative estimate of drug-likeness (QED) is 0.830. The number of carboxylic acid groups (broad SMARTS) is 1. The van der Waals surface area contributed by atoms with E-state index < -0.39 is 21.5 Å². The normalized spacial score (nSPS) is 22.1. The summed E-state index contributed by atoms with van der Waals surface area (Å²) >= 11 is 0. The van der Waals surface area contributed by atoms with Gasteiger partial charge in [-0.3, -0.25) is 4.79 Å². The maximum atomic E-state index is 12.7. The second-order valence-corrected chi connectivity index (χ2v) is 7.60. The van der Waals surface area contributed by atoms with Crippen LogP contribution in [-0.4, -0.2) is 38.2 Å². The van der Waals surface area contributed by atoms with E-state index in [1.54, 1.807) is 24.3 Å². The molecule has 0 aliphatic carbocycles. The molecule has 2 N–H and O–H groups in total.